The van der Waals surface area contributed by atoms with E-state index in [1.54, 1.807) is 11.3 Å². The van der Waals surface area contributed by atoms with Crippen molar-refractivity contribution in [1.82, 2.24) is 4.98 Å². The smallest absolute Gasteiger partial charge is 0.190 e. The first-order valence-corrected chi connectivity index (χ1v) is 8.53. The van der Waals surface area contributed by atoms with Crippen LogP contribution in [0, 0.1) is 13.8 Å². The van der Waals surface area contributed by atoms with Crippen molar-refractivity contribution < 1.29 is 0 Å². The van der Waals surface area contributed by atoms with Gasteiger partial charge in [0.15, 0.2) is 5.13 Å². The Bertz CT molecular complexity index is 785. The molecule has 2 aromatic carbocycles. The van der Waals surface area contributed by atoms with Crippen LogP contribution in [0.5, 0.6) is 0 Å². The van der Waals surface area contributed by atoms with Crippen molar-refractivity contribution >= 4 is 22.2 Å². The van der Waals surface area contributed by atoms with Gasteiger partial charge in [-0.25, -0.2) is 4.98 Å². The van der Waals surface area contributed by atoms with Gasteiger partial charge in [-0.2, -0.15) is 0 Å². The van der Waals surface area contributed by atoms with E-state index in [1.807, 2.05) is 6.08 Å². The molecule has 23 heavy (non-hydrogen) atoms. The first-order chi connectivity index (χ1) is 11.2. The fraction of sp³-hybridized carbons (Fsp3) is 0.150. The molecule has 1 aromatic heterocycles. The average molecular weight is 320 g/mol. The quantitative estimate of drug-likeness (QED) is 0.556. The van der Waals surface area contributed by atoms with E-state index in [9.17, 15) is 0 Å². The van der Waals surface area contributed by atoms with Crippen LogP contribution in [-0.2, 0) is 0 Å². The van der Waals surface area contributed by atoms with Crippen LogP contribution < -0.4 is 4.90 Å². The minimum absolute atomic E-state index is 0.740. The normalized spacial score (nSPS) is 10.5. The predicted molar refractivity (Wildman–Crippen MR) is 101 cm³/mol. The summed E-state index contributed by atoms with van der Waals surface area (Å²) in [4.78, 5) is 7.01. The highest BCUT2D eigenvalue weighted by Gasteiger charge is 2.13. The van der Waals surface area contributed by atoms with Gasteiger partial charge in [0.2, 0.25) is 0 Å². The summed E-state index contributed by atoms with van der Waals surface area (Å²) >= 11 is 1.66. The second kappa shape index (κ2) is 6.80. The SMILES string of the molecule is C=CCN(c1ccc(C)cc1)c1nc(-c2ccc(C)cc2)cs1. The first-order valence-electron chi connectivity index (χ1n) is 7.65. The lowest BCUT2D eigenvalue weighted by Crippen LogP contribution is -2.16. The number of hydrogen-bond donors (Lipinski definition) is 0. The zero-order valence-corrected chi connectivity index (χ0v) is 14.3. The van der Waals surface area contributed by atoms with Crippen molar-refractivity contribution in [3.8, 4) is 11.3 Å². The Hall–Kier alpha value is -2.39. The lowest BCUT2D eigenvalue weighted by atomic mass is 10.1. The van der Waals surface area contributed by atoms with Gasteiger partial charge in [0.1, 0.15) is 0 Å². The standard InChI is InChI=1S/C20H20N2S/c1-4-13-22(18-11-7-16(3)8-12-18)20-21-19(14-23-20)17-9-5-15(2)6-10-17/h4-12,14H,1,13H2,2-3H3. The minimum Gasteiger partial charge on any atom is -0.314 e. The molecule has 116 valence electrons. The van der Waals surface area contributed by atoms with E-state index in [0.29, 0.717) is 0 Å². The summed E-state index contributed by atoms with van der Waals surface area (Å²) in [7, 11) is 0. The van der Waals surface area contributed by atoms with Crippen LogP contribution in [0.3, 0.4) is 0 Å². The Morgan fingerprint density at radius 2 is 1.61 bits per heavy atom. The molecule has 0 fully saturated rings. The van der Waals surface area contributed by atoms with Gasteiger partial charge in [-0.05, 0) is 26.0 Å². The molecule has 0 N–H and O–H groups in total. The lowest BCUT2D eigenvalue weighted by Gasteiger charge is -2.20. The van der Waals surface area contributed by atoms with Crippen LogP contribution in [0.1, 0.15) is 11.1 Å². The molecule has 3 heteroatoms. The fourth-order valence-electron chi connectivity index (χ4n) is 2.39. The molecule has 0 spiro atoms. The van der Waals surface area contributed by atoms with Gasteiger partial charge in [-0.1, -0.05) is 53.6 Å². The number of aryl methyl sites for hydroxylation is 2. The number of anilines is 2. The van der Waals surface area contributed by atoms with Gasteiger partial charge in [0, 0.05) is 23.2 Å². The molecule has 0 aliphatic heterocycles. The Kier molecular flexibility index (Phi) is 4.58. The second-order valence-corrected chi connectivity index (χ2v) is 6.45. The number of rotatable bonds is 5. The topological polar surface area (TPSA) is 16.1 Å². The van der Waals surface area contributed by atoms with E-state index < -0.39 is 0 Å². The van der Waals surface area contributed by atoms with Gasteiger partial charge in [0.25, 0.3) is 0 Å². The maximum Gasteiger partial charge on any atom is 0.190 e. The summed E-state index contributed by atoms with van der Waals surface area (Å²) in [5.41, 5.74) is 5.83. The van der Waals surface area contributed by atoms with Gasteiger partial charge in [-0.3, -0.25) is 0 Å². The van der Waals surface area contributed by atoms with Gasteiger partial charge >= 0.3 is 0 Å². The molecule has 0 radical (unpaired) electrons. The molecule has 0 aliphatic rings. The van der Waals surface area contributed by atoms with E-state index in [0.717, 1.165) is 28.6 Å². The first kappa shape index (κ1) is 15.5. The molecular weight excluding hydrogens is 300 g/mol. The van der Waals surface area contributed by atoms with Gasteiger partial charge < -0.3 is 4.90 Å². The highest BCUT2D eigenvalue weighted by Crippen LogP contribution is 2.32. The molecule has 1 heterocycles. The van der Waals surface area contributed by atoms with E-state index in [2.05, 4.69) is 79.2 Å². The number of hydrogen-bond acceptors (Lipinski definition) is 3. The average Bonchev–Trinajstić information content (AvgIpc) is 3.04. The lowest BCUT2D eigenvalue weighted by molar-refractivity contribution is 1.08. The Morgan fingerprint density at radius 3 is 2.22 bits per heavy atom. The summed E-state index contributed by atoms with van der Waals surface area (Å²) in [6.45, 7) is 8.81. The van der Waals surface area contributed by atoms with Crippen LogP contribution in [0.25, 0.3) is 11.3 Å². The number of aromatic nitrogens is 1. The summed E-state index contributed by atoms with van der Waals surface area (Å²) in [6, 6.07) is 17.0. The van der Waals surface area contributed by atoms with Crippen LogP contribution in [0.2, 0.25) is 0 Å². The van der Waals surface area contributed by atoms with Crippen molar-refractivity contribution in [1.29, 1.82) is 0 Å². The van der Waals surface area contributed by atoms with Crippen LogP contribution >= 0.6 is 11.3 Å². The monoisotopic (exact) mass is 320 g/mol. The zero-order chi connectivity index (χ0) is 16.2. The second-order valence-electron chi connectivity index (χ2n) is 5.62. The molecule has 0 saturated heterocycles. The molecule has 0 unspecified atom stereocenters. The molecule has 3 aromatic rings. The largest absolute Gasteiger partial charge is 0.314 e. The Labute approximate surface area is 141 Å². The highest BCUT2D eigenvalue weighted by atomic mass is 32.1. The van der Waals surface area contributed by atoms with Gasteiger partial charge in [0.05, 0.1) is 5.69 Å². The zero-order valence-electron chi connectivity index (χ0n) is 13.5. The summed E-state index contributed by atoms with van der Waals surface area (Å²) < 4.78 is 0. The molecule has 0 atom stereocenters. The Balaban J connectivity index is 1.93. The number of benzene rings is 2. The van der Waals surface area contributed by atoms with Crippen LogP contribution in [-0.4, -0.2) is 11.5 Å². The third kappa shape index (κ3) is 3.51. The molecule has 0 saturated carbocycles. The minimum atomic E-state index is 0.740. The van der Waals surface area contributed by atoms with Crippen molar-refractivity contribution in [2.75, 3.05) is 11.4 Å². The van der Waals surface area contributed by atoms with Crippen LogP contribution in [0.15, 0.2) is 66.6 Å². The molecule has 0 bridgehead atoms. The highest BCUT2D eigenvalue weighted by molar-refractivity contribution is 7.14. The summed E-state index contributed by atoms with van der Waals surface area (Å²) in [5.74, 6) is 0. The molecule has 3 rings (SSSR count). The van der Waals surface area contributed by atoms with E-state index >= 15 is 0 Å². The van der Waals surface area contributed by atoms with Crippen molar-refractivity contribution in [2.45, 2.75) is 13.8 Å². The molecular formula is C20H20N2S. The van der Waals surface area contributed by atoms with Gasteiger partial charge in [-0.15, -0.1) is 17.9 Å². The van der Waals surface area contributed by atoms with Crippen molar-refractivity contribution in [2.24, 2.45) is 0 Å². The maximum atomic E-state index is 4.82. The number of nitrogens with zero attached hydrogens (tertiary/aromatic N) is 2. The third-order valence-corrected chi connectivity index (χ3v) is 4.59. The summed E-state index contributed by atoms with van der Waals surface area (Å²) in [6.07, 6.45) is 1.91. The number of thiazole rings is 1. The van der Waals surface area contributed by atoms with E-state index in [1.165, 1.54) is 11.1 Å². The van der Waals surface area contributed by atoms with Crippen molar-refractivity contribution in [3.63, 3.8) is 0 Å². The summed E-state index contributed by atoms with van der Waals surface area (Å²) in [5, 5.41) is 3.11. The third-order valence-electron chi connectivity index (χ3n) is 3.73. The molecule has 0 amide bonds. The fourth-order valence-corrected chi connectivity index (χ4v) is 3.26. The maximum absolute atomic E-state index is 4.82. The van der Waals surface area contributed by atoms with Crippen LogP contribution in [0.4, 0.5) is 10.8 Å². The van der Waals surface area contributed by atoms with Crippen molar-refractivity contribution in [3.05, 3.63) is 77.7 Å². The van der Waals surface area contributed by atoms with E-state index in [4.69, 9.17) is 4.98 Å². The van der Waals surface area contributed by atoms with E-state index in [-0.39, 0.29) is 0 Å². The predicted octanol–water partition coefficient (Wildman–Crippen LogP) is 5.75. The molecule has 2 nitrogen and oxygen atoms in total. The molecule has 0 aliphatic carbocycles. The Morgan fingerprint density at radius 1 is 1.00 bits per heavy atom.